The van der Waals surface area contributed by atoms with E-state index >= 15 is 0 Å². The fourth-order valence-corrected chi connectivity index (χ4v) is 3.51. The molecule has 4 nitrogen and oxygen atoms in total. The monoisotopic (exact) mass is 320 g/mol. The summed E-state index contributed by atoms with van der Waals surface area (Å²) in [5, 5.41) is 0. The van der Waals surface area contributed by atoms with Crippen molar-refractivity contribution in [3.05, 3.63) is 35.9 Å². The van der Waals surface area contributed by atoms with Crippen molar-refractivity contribution in [2.24, 2.45) is 0 Å². The maximum atomic E-state index is 5.27. The van der Waals surface area contributed by atoms with Gasteiger partial charge in [-0.3, -0.25) is 4.90 Å². The summed E-state index contributed by atoms with van der Waals surface area (Å²) in [6, 6.07) is 11.4. The van der Waals surface area contributed by atoms with Gasteiger partial charge in [-0.15, -0.1) is 0 Å². The van der Waals surface area contributed by atoms with Crippen LogP contribution < -0.4 is 0 Å². The molecule has 2 rings (SSSR count). The highest BCUT2D eigenvalue weighted by atomic mass is 16.7. The van der Waals surface area contributed by atoms with E-state index in [1.54, 1.807) is 14.2 Å². The molecule has 1 aliphatic heterocycles. The van der Waals surface area contributed by atoms with E-state index in [2.05, 4.69) is 47.2 Å². The van der Waals surface area contributed by atoms with Crippen LogP contribution in [0.15, 0.2) is 30.3 Å². The third kappa shape index (κ3) is 6.22. The summed E-state index contributed by atoms with van der Waals surface area (Å²) >= 11 is 0. The molecular formula is C19H32N2O2. The van der Waals surface area contributed by atoms with Crippen LogP contribution in [0, 0.1) is 0 Å². The van der Waals surface area contributed by atoms with Crippen molar-refractivity contribution >= 4 is 0 Å². The molecule has 1 fully saturated rings. The molecule has 1 aromatic rings. The highest BCUT2D eigenvalue weighted by molar-refractivity contribution is 5.14. The molecule has 23 heavy (non-hydrogen) atoms. The van der Waals surface area contributed by atoms with E-state index in [4.69, 9.17) is 9.47 Å². The Balaban J connectivity index is 1.73. The molecule has 1 atom stereocenters. The van der Waals surface area contributed by atoms with Gasteiger partial charge in [-0.1, -0.05) is 30.3 Å². The summed E-state index contributed by atoms with van der Waals surface area (Å²) in [6.45, 7) is 4.55. The highest BCUT2D eigenvalue weighted by Gasteiger charge is 2.25. The third-order valence-electron chi connectivity index (χ3n) is 4.73. The first kappa shape index (κ1) is 18.4. The van der Waals surface area contributed by atoms with Crippen LogP contribution in [0.3, 0.4) is 0 Å². The molecule has 1 heterocycles. The summed E-state index contributed by atoms with van der Waals surface area (Å²) in [7, 11) is 5.66. The predicted octanol–water partition coefficient (Wildman–Crippen LogP) is 2.98. The Morgan fingerprint density at radius 3 is 2.65 bits per heavy atom. The fourth-order valence-electron chi connectivity index (χ4n) is 3.51. The van der Waals surface area contributed by atoms with Crippen molar-refractivity contribution in [2.45, 2.75) is 44.6 Å². The lowest BCUT2D eigenvalue weighted by atomic mass is 10.1. The molecule has 0 N–H and O–H groups in total. The van der Waals surface area contributed by atoms with Crippen LogP contribution in [0.1, 0.15) is 31.2 Å². The van der Waals surface area contributed by atoms with Gasteiger partial charge in [-0.05, 0) is 51.4 Å². The molecule has 0 aliphatic carbocycles. The van der Waals surface area contributed by atoms with Gasteiger partial charge in [0.2, 0.25) is 0 Å². The van der Waals surface area contributed by atoms with Gasteiger partial charge in [-0.25, -0.2) is 0 Å². The van der Waals surface area contributed by atoms with Crippen LogP contribution in [0.2, 0.25) is 0 Å². The molecule has 130 valence electrons. The van der Waals surface area contributed by atoms with Gasteiger partial charge in [0.1, 0.15) is 0 Å². The third-order valence-corrected chi connectivity index (χ3v) is 4.73. The summed E-state index contributed by atoms with van der Waals surface area (Å²) in [5.74, 6) is 0. The number of benzene rings is 1. The lowest BCUT2D eigenvalue weighted by Gasteiger charge is -2.29. The minimum atomic E-state index is -0.0585. The van der Waals surface area contributed by atoms with E-state index in [1.165, 1.54) is 24.9 Å². The van der Waals surface area contributed by atoms with E-state index in [1.807, 2.05) is 0 Å². The van der Waals surface area contributed by atoms with E-state index in [9.17, 15) is 0 Å². The molecule has 0 radical (unpaired) electrons. The molecule has 1 saturated heterocycles. The SMILES string of the molecule is COC(CCCN1CCC[C@H]1CN(C)Cc1ccccc1)OC. The van der Waals surface area contributed by atoms with Gasteiger partial charge in [0.15, 0.2) is 6.29 Å². The standard InChI is InChI=1S/C19H32N2O2/c1-20(15-17-9-5-4-6-10-17)16-18-11-7-13-21(18)14-8-12-19(22-2)23-3/h4-6,9-10,18-19H,7-8,11-16H2,1-3H3/t18-/m0/s1. The quantitative estimate of drug-likeness (QED) is 0.619. The Hall–Kier alpha value is -0.940. The Labute approximate surface area is 141 Å². The van der Waals surface area contributed by atoms with Crippen molar-refractivity contribution in [3.8, 4) is 0 Å². The smallest absolute Gasteiger partial charge is 0.156 e. The number of methoxy groups -OCH3 is 2. The number of ether oxygens (including phenoxy) is 2. The summed E-state index contributed by atoms with van der Waals surface area (Å²) in [5.41, 5.74) is 1.39. The highest BCUT2D eigenvalue weighted by Crippen LogP contribution is 2.19. The number of likely N-dealkylation sites (tertiary alicyclic amines) is 1. The second kappa shape index (κ2) is 10.0. The summed E-state index contributed by atoms with van der Waals surface area (Å²) < 4.78 is 10.5. The topological polar surface area (TPSA) is 24.9 Å². The average Bonchev–Trinajstić information content (AvgIpc) is 2.99. The lowest BCUT2D eigenvalue weighted by molar-refractivity contribution is -0.107. The number of likely N-dealkylation sites (N-methyl/N-ethyl adjacent to an activating group) is 1. The molecule has 1 aromatic carbocycles. The van der Waals surface area contributed by atoms with Gasteiger partial charge in [0, 0.05) is 33.4 Å². The first-order valence-electron chi connectivity index (χ1n) is 8.75. The largest absolute Gasteiger partial charge is 0.356 e. The van der Waals surface area contributed by atoms with Crippen LogP contribution in [-0.2, 0) is 16.0 Å². The van der Waals surface area contributed by atoms with Gasteiger partial charge < -0.3 is 14.4 Å². The minimum Gasteiger partial charge on any atom is -0.356 e. The van der Waals surface area contributed by atoms with Gasteiger partial charge in [0.05, 0.1) is 0 Å². The zero-order valence-electron chi connectivity index (χ0n) is 14.9. The molecule has 0 unspecified atom stereocenters. The van der Waals surface area contributed by atoms with E-state index in [-0.39, 0.29) is 6.29 Å². The van der Waals surface area contributed by atoms with Crippen molar-refractivity contribution in [1.29, 1.82) is 0 Å². The Morgan fingerprint density at radius 2 is 1.96 bits per heavy atom. The van der Waals surface area contributed by atoms with Crippen molar-refractivity contribution in [1.82, 2.24) is 9.80 Å². The van der Waals surface area contributed by atoms with Gasteiger partial charge >= 0.3 is 0 Å². The predicted molar refractivity (Wildman–Crippen MR) is 94.4 cm³/mol. The molecule has 0 bridgehead atoms. The normalized spacial score (nSPS) is 19.1. The second-order valence-corrected chi connectivity index (χ2v) is 6.56. The Kier molecular flexibility index (Phi) is 8.03. The van der Waals surface area contributed by atoms with E-state index < -0.39 is 0 Å². The first-order chi connectivity index (χ1) is 11.2. The second-order valence-electron chi connectivity index (χ2n) is 6.56. The zero-order chi connectivity index (χ0) is 16.5. The van der Waals surface area contributed by atoms with Crippen molar-refractivity contribution in [2.75, 3.05) is 40.9 Å². The molecule has 0 spiro atoms. The number of hydrogen-bond acceptors (Lipinski definition) is 4. The summed E-state index contributed by atoms with van der Waals surface area (Å²) in [4.78, 5) is 5.09. The van der Waals surface area contributed by atoms with Crippen LogP contribution in [0.5, 0.6) is 0 Å². The first-order valence-corrected chi connectivity index (χ1v) is 8.75. The van der Waals surface area contributed by atoms with Crippen LogP contribution in [0.25, 0.3) is 0 Å². The van der Waals surface area contributed by atoms with Crippen LogP contribution >= 0.6 is 0 Å². The Morgan fingerprint density at radius 1 is 1.22 bits per heavy atom. The molecular weight excluding hydrogens is 288 g/mol. The molecule has 4 heteroatoms. The van der Waals surface area contributed by atoms with E-state index in [0.29, 0.717) is 6.04 Å². The fraction of sp³-hybridized carbons (Fsp3) is 0.684. The van der Waals surface area contributed by atoms with Crippen molar-refractivity contribution < 1.29 is 9.47 Å². The lowest BCUT2D eigenvalue weighted by Crippen LogP contribution is -2.39. The maximum absolute atomic E-state index is 5.27. The molecule has 0 amide bonds. The summed E-state index contributed by atoms with van der Waals surface area (Å²) in [6.07, 6.45) is 4.68. The Bertz CT molecular complexity index is 423. The van der Waals surface area contributed by atoms with Crippen LogP contribution in [-0.4, -0.2) is 63.0 Å². The maximum Gasteiger partial charge on any atom is 0.156 e. The van der Waals surface area contributed by atoms with E-state index in [0.717, 1.165) is 32.5 Å². The number of hydrogen-bond donors (Lipinski definition) is 0. The van der Waals surface area contributed by atoms with Crippen LogP contribution in [0.4, 0.5) is 0 Å². The number of rotatable bonds is 10. The molecule has 0 aromatic heterocycles. The zero-order valence-corrected chi connectivity index (χ0v) is 14.9. The van der Waals surface area contributed by atoms with Gasteiger partial charge in [0.25, 0.3) is 0 Å². The minimum absolute atomic E-state index is 0.0585. The molecule has 1 aliphatic rings. The molecule has 0 saturated carbocycles. The average molecular weight is 320 g/mol. The van der Waals surface area contributed by atoms with Gasteiger partial charge in [-0.2, -0.15) is 0 Å². The van der Waals surface area contributed by atoms with Crippen molar-refractivity contribution in [3.63, 3.8) is 0 Å². The number of nitrogens with zero attached hydrogens (tertiary/aromatic N) is 2.